The molecule has 0 bridgehead atoms. The van der Waals surface area contributed by atoms with Crippen LogP contribution in [0, 0.1) is 5.41 Å². The second kappa shape index (κ2) is 5.61. The van der Waals surface area contributed by atoms with Crippen molar-refractivity contribution in [2.75, 3.05) is 18.1 Å². The number of aliphatic carboxylic acids is 1. The van der Waals surface area contributed by atoms with Crippen LogP contribution in [0.5, 0.6) is 0 Å². The van der Waals surface area contributed by atoms with E-state index in [1.165, 1.54) is 4.90 Å². The molecule has 1 aliphatic carbocycles. The number of hydrogen-bond acceptors (Lipinski definition) is 3. The maximum Gasteiger partial charge on any atom is 0.327 e. The van der Waals surface area contributed by atoms with Gasteiger partial charge in [-0.2, -0.15) is 11.8 Å². The first kappa shape index (κ1) is 14.5. The van der Waals surface area contributed by atoms with Gasteiger partial charge in [0.1, 0.15) is 6.04 Å². The third-order valence-electron chi connectivity index (χ3n) is 3.97. The van der Waals surface area contributed by atoms with Crippen molar-refractivity contribution in [2.45, 2.75) is 45.2 Å². The van der Waals surface area contributed by atoms with E-state index in [4.69, 9.17) is 5.11 Å². The molecule has 108 valence electrons. The summed E-state index contributed by atoms with van der Waals surface area (Å²) in [5.74, 6) is 0.390. The molecule has 2 fully saturated rings. The number of carbonyl (C=O) groups excluding carboxylic acids is 1. The Bertz CT molecular complexity index is 373. The van der Waals surface area contributed by atoms with Crippen molar-refractivity contribution in [3.63, 3.8) is 0 Å². The van der Waals surface area contributed by atoms with E-state index in [1.54, 1.807) is 11.8 Å². The molecule has 1 aliphatic heterocycles. The zero-order valence-corrected chi connectivity index (χ0v) is 12.3. The van der Waals surface area contributed by atoms with E-state index in [-0.39, 0.29) is 17.5 Å². The second-order valence-electron chi connectivity index (χ2n) is 6.18. The first-order chi connectivity index (χ1) is 8.89. The van der Waals surface area contributed by atoms with E-state index in [9.17, 15) is 9.59 Å². The van der Waals surface area contributed by atoms with Crippen LogP contribution in [-0.2, 0) is 4.79 Å². The van der Waals surface area contributed by atoms with Gasteiger partial charge in [-0.25, -0.2) is 9.59 Å². The number of thioether (sulfide) groups is 1. The fourth-order valence-electron chi connectivity index (χ4n) is 2.87. The molecular formula is C13H22N2O3S. The summed E-state index contributed by atoms with van der Waals surface area (Å²) in [7, 11) is 0. The molecule has 0 radical (unpaired) electrons. The Kier molecular flexibility index (Phi) is 4.28. The Morgan fingerprint density at radius 2 is 2.16 bits per heavy atom. The van der Waals surface area contributed by atoms with Crippen LogP contribution < -0.4 is 5.32 Å². The molecule has 6 heteroatoms. The van der Waals surface area contributed by atoms with Crippen LogP contribution in [0.3, 0.4) is 0 Å². The fourth-order valence-corrected chi connectivity index (χ4v) is 3.91. The van der Waals surface area contributed by atoms with Gasteiger partial charge in [0.05, 0.1) is 0 Å². The molecule has 19 heavy (non-hydrogen) atoms. The van der Waals surface area contributed by atoms with Crippen molar-refractivity contribution in [1.29, 1.82) is 0 Å². The van der Waals surface area contributed by atoms with Crippen LogP contribution in [0.25, 0.3) is 0 Å². The fraction of sp³-hybridized carbons (Fsp3) is 0.846. The highest BCUT2D eigenvalue weighted by Gasteiger charge is 2.36. The number of carbonyl (C=O) groups is 2. The number of amides is 2. The van der Waals surface area contributed by atoms with E-state index in [0.29, 0.717) is 12.3 Å². The van der Waals surface area contributed by atoms with Crippen molar-refractivity contribution in [1.82, 2.24) is 10.2 Å². The minimum Gasteiger partial charge on any atom is -0.480 e. The summed E-state index contributed by atoms with van der Waals surface area (Å²) in [6.07, 6.45) is 3.06. The zero-order chi connectivity index (χ0) is 14.0. The molecule has 0 aromatic rings. The molecule has 2 N–H and O–H groups in total. The van der Waals surface area contributed by atoms with Gasteiger partial charge in [-0.15, -0.1) is 0 Å². The molecule has 5 nitrogen and oxygen atoms in total. The van der Waals surface area contributed by atoms with E-state index in [2.05, 4.69) is 19.2 Å². The van der Waals surface area contributed by atoms with Crippen molar-refractivity contribution in [3.8, 4) is 0 Å². The summed E-state index contributed by atoms with van der Waals surface area (Å²) in [5.41, 5.74) is 0.280. The predicted octanol–water partition coefficient (Wildman–Crippen LogP) is 1.78. The molecule has 1 saturated heterocycles. The average Bonchev–Trinajstić information content (AvgIpc) is 2.68. The Labute approximate surface area is 118 Å². The standard InChI is InChI=1S/C13H22N2O3S/c1-13(2)4-3-9(7-13)14-12(18)15-5-6-19-8-10(15)11(16)17/h9-10H,3-8H2,1-2H3,(H,14,18)(H,16,17). The van der Waals surface area contributed by atoms with Crippen LogP contribution in [-0.4, -0.2) is 52.1 Å². The molecule has 0 aromatic heterocycles. The van der Waals surface area contributed by atoms with Gasteiger partial charge in [-0.1, -0.05) is 13.8 Å². The van der Waals surface area contributed by atoms with Crippen molar-refractivity contribution in [3.05, 3.63) is 0 Å². The summed E-state index contributed by atoms with van der Waals surface area (Å²) < 4.78 is 0. The topological polar surface area (TPSA) is 69.6 Å². The lowest BCUT2D eigenvalue weighted by atomic mass is 9.92. The zero-order valence-electron chi connectivity index (χ0n) is 11.5. The summed E-state index contributed by atoms with van der Waals surface area (Å²) >= 11 is 1.59. The van der Waals surface area contributed by atoms with Crippen LogP contribution in [0.2, 0.25) is 0 Å². The third kappa shape index (κ3) is 3.55. The van der Waals surface area contributed by atoms with Gasteiger partial charge >= 0.3 is 12.0 Å². The summed E-state index contributed by atoms with van der Waals surface area (Å²) in [4.78, 5) is 24.9. The summed E-state index contributed by atoms with van der Waals surface area (Å²) in [6.45, 7) is 4.93. The minimum absolute atomic E-state index is 0.187. The highest BCUT2D eigenvalue weighted by molar-refractivity contribution is 7.99. The van der Waals surface area contributed by atoms with Crippen molar-refractivity contribution >= 4 is 23.8 Å². The van der Waals surface area contributed by atoms with Crippen molar-refractivity contribution in [2.24, 2.45) is 5.41 Å². The molecule has 2 atom stereocenters. The van der Waals surface area contributed by atoms with E-state index in [0.717, 1.165) is 25.0 Å². The number of nitrogens with one attached hydrogen (secondary N) is 1. The third-order valence-corrected chi connectivity index (χ3v) is 4.99. The Hall–Kier alpha value is -0.910. The predicted molar refractivity (Wildman–Crippen MR) is 75.4 cm³/mol. The quantitative estimate of drug-likeness (QED) is 0.812. The van der Waals surface area contributed by atoms with Crippen LogP contribution >= 0.6 is 11.8 Å². The molecule has 2 amide bonds. The molecule has 1 heterocycles. The van der Waals surface area contributed by atoms with Crippen molar-refractivity contribution < 1.29 is 14.7 Å². The average molecular weight is 286 g/mol. The van der Waals surface area contributed by atoms with Crippen LogP contribution in [0.15, 0.2) is 0 Å². The lowest BCUT2D eigenvalue weighted by molar-refractivity contribution is -0.141. The van der Waals surface area contributed by atoms with Gasteiger partial charge in [0.15, 0.2) is 0 Å². The molecule has 0 aromatic carbocycles. The van der Waals surface area contributed by atoms with Crippen LogP contribution in [0.4, 0.5) is 4.79 Å². The highest BCUT2D eigenvalue weighted by Crippen LogP contribution is 2.37. The van der Waals surface area contributed by atoms with Gasteiger partial charge in [-0.3, -0.25) is 0 Å². The van der Waals surface area contributed by atoms with Crippen LogP contribution in [0.1, 0.15) is 33.1 Å². The molecule has 2 rings (SSSR count). The molecule has 2 aliphatic rings. The van der Waals surface area contributed by atoms with E-state index in [1.807, 2.05) is 0 Å². The highest BCUT2D eigenvalue weighted by atomic mass is 32.2. The van der Waals surface area contributed by atoms with E-state index >= 15 is 0 Å². The Balaban J connectivity index is 1.93. The number of nitrogens with zero attached hydrogens (tertiary/aromatic N) is 1. The minimum atomic E-state index is -0.908. The number of urea groups is 1. The summed E-state index contributed by atoms with van der Waals surface area (Å²) in [6, 6.07) is -0.713. The Morgan fingerprint density at radius 3 is 2.74 bits per heavy atom. The molecular weight excluding hydrogens is 264 g/mol. The first-order valence-electron chi connectivity index (χ1n) is 6.77. The maximum absolute atomic E-state index is 12.2. The molecule has 2 unspecified atom stereocenters. The SMILES string of the molecule is CC1(C)CCC(NC(=O)N2CCSCC2C(=O)O)C1. The smallest absolute Gasteiger partial charge is 0.327 e. The van der Waals surface area contributed by atoms with E-state index < -0.39 is 12.0 Å². The lowest BCUT2D eigenvalue weighted by Crippen LogP contribution is -2.55. The lowest BCUT2D eigenvalue weighted by Gasteiger charge is -2.33. The number of carboxylic acids is 1. The first-order valence-corrected chi connectivity index (χ1v) is 7.92. The van der Waals surface area contributed by atoms with Gasteiger partial charge < -0.3 is 15.3 Å². The monoisotopic (exact) mass is 286 g/mol. The largest absolute Gasteiger partial charge is 0.480 e. The molecule has 1 saturated carbocycles. The summed E-state index contributed by atoms with van der Waals surface area (Å²) in [5, 5.41) is 12.2. The number of hydrogen-bond donors (Lipinski definition) is 2. The maximum atomic E-state index is 12.2. The number of carboxylic acid groups (broad SMARTS) is 1. The number of rotatable bonds is 2. The van der Waals surface area contributed by atoms with Gasteiger partial charge in [0, 0.05) is 24.1 Å². The normalized spacial score (nSPS) is 30.1. The van der Waals surface area contributed by atoms with Gasteiger partial charge in [0.2, 0.25) is 0 Å². The second-order valence-corrected chi connectivity index (χ2v) is 7.33. The van der Waals surface area contributed by atoms with Gasteiger partial charge in [0.25, 0.3) is 0 Å². The Morgan fingerprint density at radius 1 is 1.42 bits per heavy atom. The molecule has 0 spiro atoms. The van der Waals surface area contributed by atoms with Gasteiger partial charge in [-0.05, 0) is 24.7 Å².